The first-order valence-electron chi connectivity index (χ1n) is 9.30. The van der Waals surface area contributed by atoms with Gasteiger partial charge >= 0.3 is 5.97 Å². The van der Waals surface area contributed by atoms with Gasteiger partial charge in [0.1, 0.15) is 5.82 Å². The zero-order valence-corrected chi connectivity index (χ0v) is 15.9. The molecule has 0 spiro atoms. The van der Waals surface area contributed by atoms with Crippen LogP contribution in [-0.2, 0) is 32.1 Å². The second-order valence-electron chi connectivity index (χ2n) is 6.95. The van der Waals surface area contributed by atoms with Crippen molar-refractivity contribution in [1.29, 1.82) is 0 Å². The third-order valence-electron chi connectivity index (χ3n) is 5.08. The van der Waals surface area contributed by atoms with Gasteiger partial charge in [0.05, 0.1) is 26.7 Å². The Bertz CT molecular complexity index is 809. The van der Waals surface area contributed by atoms with E-state index in [1.54, 1.807) is 17.0 Å². The Balaban J connectivity index is 1.72. The van der Waals surface area contributed by atoms with Crippen LogP contribution in [0.4, 0.5) is 4.39 Å². The molecule has 1 saturated heterocycles. The predicted octanol–water partition coefficient (Wildman–Crippen LogP) is 3.12. The summed E-state index contributed by atoms with van der Waals surface area (Å²) in [4.78, 5) is 27.1. The molecule has 0 radical (unpaired) electrons. The summed E-state index contributed by atoms with van der Waals surface area (Å²) in [5.41, 5.74) is 0.563. The van der Waals surface area contributed by atoms with Gasteiger partial charge in [-0.2, -0.15) is 0 Å². The molecule has 0 aliphatic carbocycles. The molecule has 0 aromatic heterocycles. The van der Waals surface area contributed by atoms with Gasteiger partial charge in [-0.25, -0.2) is 9.18 Å². The topological polar surface area (TPSA) is 55.8 Å². The number of hydrogen-bond donors (Lipinski definition) is 0. The molecule has 0 saturated carbocycles. The van der Waals surface area contributed by atoms with Gasteiger partial charge in [-0.15, -0.1) is 0 Å². The highest BCUT2D eigenvalue weighted by Gasteiger charge is 2.50. The SMILES string of the molecule is COC(=O)[C@]1(COCc2ccccc2)CCCN1C(=O)Cc1ccc(F)cc1. The molecular weight excluding hydrogens is 361 g/mol. The summed E-state index contributed by atoms with van der Waals surface area (Å²) >= 11 is 0. The number of hydrogen-bond acceptors (Lipinski definition) is 4. The van der Waals surface area contributed by atoms with Crippen LogP contribution < -0.4 is 0 Å². The number of halogens is 1. The quantitative estimate of drug-likeness (QED) is 0.687. The summed E-state index contributed by atoms with van der Waals surface area (Å²) in [6.07, 6.45) is 1.28. The van der Waals surface area contributed by atoms with Crippen molar-refractivity contribution in [2.45, 2.75) is 31.4 Å². The van der Waals surface area contributed by atoms with E-state index < -0.39 is 11.5 Å². The van der Waals surface area contributed by atoms with Gasteiger partial charge in [-0.1, -0.05) is 42.5 Å². The molecular formula is C22H24FNO4. The van der Waals surface area contributed by atoms with Crippen LogP contribution >= 0.6 is 0 Å². The van der Waals surface area contributed by atoms with Crippen LogP contribution in [-0.4, -0.2) is 42.6 Å². The molecule has 6 heteroatoms. The first kappa shape index (κ1) is 20.0. The number of esters is 1. The molecule has 2 aromatic carbocycles. The van der Waals surface area contributed by atoms with E-state index in [9.17, 15) is 14.0 Å². The van der Waals surface area contributed by atoms with Gasteiger partial charge in [0.2, 0.25) is 5.91 Å². The minimum atomic E-state index is -1.12. The number of ether oxygens (including phenoxy) is 2. The van der Waals surface area contributed by atoms with E-state index in [1.807, 2.05) is 30.3 Å². The molecule has 1 aliphatic rings. The second-order valence-corrected chi connectivity index (χ2v) is 6.95. The van der Waals surface area contributed by atoms with Crippen molar-refractivity contribution in [3.05, 3.63) is 71.5 Å². The molecule has 3 rings (SSSR count). The molecule has 2 aromatic rings. The van der Waals surface area contributed by atoms with Gasteiger partial charge in [-0.3, -0.25) is 4.79 Å². The summed E-state index contributed by atoms with van der Waals surface area (Å²) in [5.74, 6) is -1.01. The maximum Gasteiger partial charge on any atom is 0.334 e. The first-order chi connectivity index (χ1) is 13.5. The molecule has 1 aliphatic heterocycles. The van der Waals surface area contributed by atoms with E-state index >= 15 is 0 Å². The van der Waals surface area contributed by atoms with Crippen LogP contribution in [0.25, 0.3) is 0 Å². The lowest BCUT2D eigenvalue weighted by Crippen LogP contribution is -2.57. The van der Waals surface area contributed by atoms with E-state index in [0.717, 1.165) is 5.56 Å². The van der Waals surface area contributed by atoms with Crippen molar-refractivity contribution in [2.24, 2.45) is 0 Å². The number of likely N-dealkylation sites (tertiary alicyclic amines) is 1. The highest BCUT2D eigenvalue weighted by atomic mass is 19.1. The van der Waals surface area contributed by atoms with Crippen LogP contribution in [0.5, 0.6) is 0 Å². The number of rotatable bonds is 7. The Hall–Kier alpha value is -2.73. The molecule has 28 heavy (non-hydrogen) atoms. The highest BCUT2D eigenvalue weighted by molar-refractivity contribution is 5.89. The molecule has 1 atom stereocenters. The monoisotopic (exact) mass is 385 g/mol. The lowest BCUT2D eigenvalue weighted by atomic mass is 9.96. The highest BCUT2D eigenvalue weighted by Crippen LogP contribution is 2.32. The van der Waals surface area contributed by atoms with Gasteiger partial charge in [0.25, 0.3) is 0 Å². The summed E-state index contributed by atoms with van der Waals surface area (Å²) < 4.78 is 24.0. The third kappa shape index (κ3) is 4.39. The lowest BCUT2D eigenvalue weighted by molar-refractivity contribution is -0.164. The standard InChI is InChI=1S/C22H24FNO4/c1-27-21(26)22(16-28-15-18-6-3-2-4-7-18)12-5-13-24(22)20(25)14-17-8-10-19(23)11-9-17/h2-4,6-11H,5,12-16H2,1H3/t22-/m1/s1. The zero-order valence-electron chi connectivity index (χ0n) is 15.9. The number of amides is 1. The van der Waals surface area contributed by atoms with E-state index in [1.165, 1.54) is 19.2 Å². The Kier molecular flexibility index (Phi) is 6.41. The molecule has 5 nitrogen and oxygen atoms in total. The second kappa shape index (κ2) is 8.97. The zero-order chi connectivity index (χ0) is 20.0. The van der Waals surface area contributed by atoms with Crippen molar-refractivity contribution in [3.8, 4) is 0 Å². The number of nitrogens with zero attached hydrogens (tertiary/aromatic N) is 1. The minimum absolute atomic E-state index is 0.0731. The first-order valence-corrected chi connectivity index (χ1v) is 9.30. The van der Waals surface area contributed by atoms with Gasteiger partial charge < -0.3 is 14.4 Å². The Morgan fingerprint density at radius 2 is 1.79 bits per heavy atom. The summed E-state index contributed by atoms with van der Waals surface area (Å²) in [6, 6.07) is 15.4. The molecule has 1 fully saturated rings. The van der Waals surface area contributed by atoms with Gasteiger partial charge in [-0.05, 0) is 36.1 Å². The number of carbonyl (C=O) groups is 2. The average molecular weight is 385 g/mol. The van der Waals surface area contributed by atoms with E-state index in [4.69, 9.17) is 9.47 Å². The lowest BCUT2D eigenvalue weighted by Gasteiger charge is -2.35. The summed E-state index contributed by atoms with van der Waals surface area (Å²) in [5, 5.41) is 0. The molecule has 1 amide bonds. The van der Waals surface area contributed by atoms with Crippen molar-refractivity contribution >= 4 is 11.9 Å². The van der Waals surface area contributed by atoms with Crippen molar-refractivity contribution in [3.63, 3.8) is 0 Å². The number of carbonyl (C=O) groups excluding carboxylic acids is 2. The van der Waals surface area contributed by atoms with Gasteiger partial charge in [0, 0.05) is 6.54 Å². The van der Waals surface area contributed by atoms with Crippen molar-refractivity contribution in [1.82, 2.24) is 4.90 Å². The fraction of sp³-hybridized carbons (Fsp3) is 0.364. The van der Waals surface area contributed by atoms with E-state index in [2.05, 4.69) is 0 Å². The number of methoxy groups -OCH3 is 1. The molecule has 0 N–H and O–H groups in total. The fourth-order valence-electron chi connectivity index (χ4n) is 3.64. The fourth-order valence-corrected chi connectivity index (χ4v) is 3.64. The van der Waals surface area contributed by atoms with Crippen molar-refractivity contribution < 1.29 is 23.5 Å². The van der Waals surface area contributed by atoms with Crippen LogP contribution in [0, 0.1) is 5.82 Å². The van der Waals surface area contributed by atoms with Crippen LogP contribution in [0.15, 0.2) is 54.6 Å². The van der Waals surface area contributed by atoms with E-state index in [0.29, 0.717) is 31.6 Å². The molecule has 148 valence electrons. The molecule has 0 bridgehead atoms. The summed E-state index contributed by atoms with van der Waals surface area (Å²) in [7, 11) is 1.32. The maximum absolute atomic E-state index is 13.1. The maximum atomic E-state index is 13.1. The Labute approximate surface area is 164 Å². The van der Waals surface area contributed by atoms with Crippen LogP contribution in [0.2, 0.25) is 0 Å². The molecule has 1 heterocycles. The van der Waals surface area contributed by atoms with E-state index in [-0.39, 0.29) is 24.8 Å². The summed E-state index contributed by atoms with van der Waals surface area (Å²) in [6.45, 7) is 0.882. The van der Waals surface area contributed by atoms with Crippen LogP contribution in [0.3, 0.4) is 0 Å². The largest absolute Gasteiger partial charge is 0.467 e. The molecule has 0 unspecified atom stereocenters. The van der Waals surface area contributed by atoms with Crippen molar-refractivity contribution in [2.75, 3.05) is 20.3 Å². The number of benzene rings is 2. The minimum Gasteiger partial charge on any atom is -0.467 e. The van der Waals surface area contributed by atoms with Gasteiger partial charge in [0.15, 0.2) is 5.54 Å². The third-order valence-corrected chi connectivity index (χ3v) is 5.08. The predicted molar refractivity (Wildman–Crippen MR) is 102 cm³/mol. The Morgan fingerprint density at radius 3 is 2.46 bits per heavy atom. The normalized spacial score (nSPS) is 18.9. The Morgan fingerprint density at radius 1 is 1.07 bits per heavy atom. The van der Waals surface area contributed by atoms with Crippen LogP contribution in [0.1, 0.15) is 24.0 Å². The smallest absolute Gasteiger partial charge is 0.334 e. The average Bonchev–Trinajstić information content (AvgIpc) is 3.15.